The fourth-order valence-electron chi connectivity index (χ4n) is 9.05. The third-order valence-electron chi connectivity index (χ3n) is 10.6. The van der Waals surface area contributed by atoms with E-state index in [0.29, 0.717) is 0 Å². The van der Waals surface area contributed by atoms with Crippen molar-refractivity contribution in [2.75, 3.05) is 4.90 Å². The van der Waals surface area contributed by atoms with Crippen LogP contribution in [-0.4, -0.2) is 0 Å². The van der Waals surface area contributed by atoms with E-state index in [9.17, 15) is 0 Å². The van der Waals surface area contributed by atoms with Crippen LogP contribution in [0.4, 0.5) is 17.1 Å². The number of para-hydroxylation sites is 2. The molecule has 5 aromatic carbocycles. The van der Waals surface area contributed by atoms with E-state index in [2.05, 4.69) is 176 Å². The third-order valence-corrected chi connectivity index (χ3v) is 10.6. The first kappa shape index (κ1) is 29.6. The van der Waals surface area contributed by atoms with Gasteiger partial charge >= 0.3 is 0 Å². The van der Waals surface area contributed by atoms with Crippen molar-refractivity contribution in [3.63, 3.8) is 0 Å². The van der Waals surface area contributed by atoms with Crippen molar-refractivity contribution >= 4 is 17.1 Å². The van der Waals surface area contributed by atoms with E-state index in [1.807, 2.05) is 0 Å². The molecule has 0 bridgehead atoms. The largest absolute Gasteiger partial charge is 0.310 e. The Hall–Kier alpha value is -4.10. The first-order valence-corrected chi connectivity index (χ1v) is 16.6. The molecule has 7 rings (SSSR count). The quantitative estimate of drug-likeness (QED) is 0.197. The molecular formula is C44H47N. The van der Waals surface area contributed by atoms with Crippen molar-refractivity contribution in [1.82, 2.24) is 0 Å². The van der Waals surface area contributed by atoms with Gasteiger partial charge in [-0.2, -0.15) is 0 Å². The van der Waals surface area contributed by atoms with E-state index >= 15 is 0 Å². The normalized spacial score (nSPS) is 18.3. The molecule has 2 aliphatic carbocycles. The predicted octanol–water partition coefficient (Wildman–Crippen LogP) is 12.4. The molecule has 2 aliphatic rings. The monoisotopic (exact) mass is 589 g/mol. The van der Waals surface area contributed by atoms with E-state index in [-0.39, 0.29) is 21.7 Å². The van der Waals surface area contributed by atoms with Crippen molar-refractivity contribution < 1.29 is 0 Å². The molecule has 5 aromatic rings. The van der Waals surface area contributed by atoms with Crippen LogP contribution in [-0.2, 0) is 21.7 Å². The molecule has 0 radical (unpaired) electrons. The summed E-state index contributed by atoms with van der Waals surface area (Å²) in [6, 6.07) is 43.2. The molecule has 0 atom stereocenters. The molecule has 1 nitrogen and oxygen atoms in total. The van der Waals surface area contributed by atoms with Gasteiger partial charge in [-0.15, -0.1) is 0 Å². The average molecular weight is 590 g/mol. The Balaban J connectivity index is 1.46. The predicted molar refractivity (Wildman–Crippen MR) is 193 cm³/mol. The van der Waals surface area contributed by atoms with E-state index < -0.39 is 0 Å². The Bertz CT molecular complexity index is 1850. The highest BCUT2D eigenvalue weighted by Crippen LogP contribution is 2.53. The summed E-state index contributed by atoms with van der Waals surface area (Å²) in [5.41, 5.74) is 15.2. The van der Waals surface area contributed by atoms with E-state index in [1.165, 1.54) is 56.6 Å². The molecule has 0 fully saturated rings. The fourth-order valence-corrected chi connectivity index (χ4v) is 9.05. The highest BCUT2D eigenvalue weighted by Gasteiger charge is 2.43. The first-order valence-electron chi connectivity index (χ1n) is 16.6. The molecular weight excluding hydrogens is 542 g/mol. The standard InChI is InChI=1S/C44H47N/c1-41(2)28-43(5,6)38-25-30(20-23-36(38)41)31-19-22-35(32-21-24-37-39(26-32)44(7,8)29-42(37,3)4)40(27-31)45(33-15-11-9-12-16-33)34-17-13-10-14-18-34/h9-27H,28-29H2,1-8H3. The molecule has 0 N–H and O–H groups in total. The van der Waals surface area contributed by atoms with E-state index in [0.717, 1.165) is 17.8 Å². The summed E-state index contributed by atoms with van der Waals surface area (Å²) in [4.78, 5) is 2.43. The van der Waals surface area contributed by atoms with Gasteiger partial charge in [0.05, 0.1) is 5.69 Å². The first-order chi connectivity index (χ1) is 21.3. The number of benzene rings is 5. The highest BCUT2D eigenvalue weighted by molar-refractivity contribution is 5.91. The van der Waals surface area contributed by atoms with Crippen molar-refractivity contribution in [3.8, 4) is 22.3 Å². The average Bonchev–Trinajstić information content (AvgIpc) is 3.32. The fraction of sp³-hybridized carbons (Fsp3) is 0.318. The lowest BCUT2D eigenvalue weighted by Crippen LogP contribution is -2.18. The summed E-state index contributed by atoms with van der Waals surface area (Å²) in [6.07, 6.45) is 2.33. The molecule has 0 saturated carbocycles. The van der Waals surface area contributed by atoms with Crippen LogP contribution in [0.15, 0.2) is 115 Å². The van der Waals surface area contributed by atoms with Crippen molar-refractivity contribution in [2.45, 2.75) is 89.9 Å². The number of hydrogen-bond acceptors (Lipinski definition) is 1. The van der Waals surface area contributed by atoms with Gasteiger partial charge in [0.25, 0.3) is 0 Å². The van der Waals surface area contributed by atoms with Crippen LogP contribution < -0.4 is 4.90 Å². The smallest absolute Gasteiger partial charge is 0.0546 e. The molecule has 0 spiro atoms. The summed E-state index contributed by atoms with van der Waals surface area (Å²) in [5.74, 6) is 0. The van der Waals surface area contributed by atoms with Gasteiger partial charge in [-0.1, -0.05) is 140 Å². The number of rotatable bonds is 5. The lowest BCUT2D eigenvalue weighted by Gasteiger charge is -2.29. The Morgan fingerprint density at radius 2 is 0.800 bits per heavy atom. The zero-order valence-electron chi connectivity index (χ0n) is 28.3. The topological polar surface area (TPSA) is 3.24 Å². The van der Waals surface area contributed by atoms with Crippen molar-refractivity contribution in [3.05, 3.63) is 138 Å². The van der Waals surface area contributed by atoms with Crippen LogP contribution in [0.25, 0.3) is 22.3 Å². The van der Waals surface area contributed by atoms with Gasteiger partial charge in [-0.25, -0.2) is 0 Å². The van der Waals surface area contributed by atoms with Crippen LogP contribution in [0.1, 0.15) is 90.5 Å². The summed E-state index contributed by atoms with van der Waals surface area (Å²) in [6.45, 7) is 19.2. The SMILES string of the molecule is CC1(C)CC(C)(C)c2cc(-c3ccc(-c4ccc5c(c4)C(C)(C)CC5(C)C)c(N(c4ccccc4)c4ccccc4)c3)ccc21. The minimum absolute atomic E-state index is 0.137. The van der Waals surface area contributed by atoms with E-state index in [1.54, 1.807) is 0 Å². The van der Waals surface area contributed by atoms with E-state index in [4.69, 9.17) is 0 Å². The van der Waals surface area contributed by atoms with Gasteiger partial charge < -0.3 is 4.90 Å². The number of nitrogens with zero attached hydrogens (tertiary/aromatic N) is 1. The zero-order valence-corrected chi connectivity index (χ0v) is 28.3. The van der Waals surface area contributed by atoms with Gasteiger partial charge in [0, 0.05) is 16.9 Å². The summed E-state index contributed by atoms with van der Waals surface area (Å²) < 4.78 is 0. The second-order valence-corrected chi connectivity index (χ2v) is 16.1. The molecule has 1 heteroatoms. The van der Waals surface area contributed by atoms with Crippen LogP contribution in [0, 0.1) is 0 Å². The minimum Gasteiger partial charge on any atom is -0.310 e. The molecule has 45 heavy (non-hydrogen) atoms. The van der Waals surface area contributed by atoms with Crippen LogP contribution in [0.5, 0.6) is 0 Å². The van der Waals surface area contributed by atoms with Gasteiger partial charge in [0.15, 0.2) is 0 Å². The number of anilines is 3. The maximum Gasteiger partial charge on any atom is 0.0546 e. The molecule has 0 unspecified atom stereocenters. The summed E-state index contributed by atoms with van der Waals surface area (Å²) in [7, 11) is 0. The second-order valence-electron chi connectivity index (χ2n) is 16.1. The molecule has 0 aromatic heterocycles. The number of fused-ring (bicyclic) bond motifs is 2. The van der Waals surface area contributed by atoms with Crippen LogP contribution in [0.3, 0.4) is 0 Å². The van der Waals surface area contributed by atoms with Gasteiger partial charge in [-0.05, 0) is 104 Å². The summed E-state index contributed by atoms with van der Waals surface area (Å²) in [5, 5.41) is 0. The maximum atomic E-state index is 2.48. The molecule has 0 aliphatic heterocycles. The lowest BCUT2D eigenvalue weighted by molar-refractivity contribution is 0.402. The molecule has 0 amide bonds. The molecule has 228 valence electrons. The highest BCUT2D eigenvalue weighted by atomic mass is 15.1. The van der Waals surface area contributed by atoms with Crippen molar-refractivity contribution in [2.24, 2.45) is 0 Å². The van der Waals surface area contributed by atoms with Gasteiger partial charge in [-0.3, -0.25) is 0 Å². The Kier molecular flexibility index (Phi) is 6.72. The van der Waals surface area contributed by atoms with Crippen LogP contribution in [0.2, 0.25) is 0 Å². The third kappa shape index (κ3) is 5.02. The Morgan fingerprint density at radius 1 is 0.400 bits per heavy atom. The summed E-state index contributed by atoms with van der Waals surface area (Å²) >= 11 is 0. The Morgan fingerprint density at radius 3 is 1.31 bits per heavy atom. The second kappa shape index (κ2) is 10.2. The molecule has 0 heterocycles. The Labute approximate surface area is 271 Å². The molecule has 0 saturated heterocycles. The zero-order chi connectivity index (χ0) is 31.8. The lowest BCUT2D eigenvalue weighted by atomic mass is 9.82. The van der Waals surface area contributed by atoms with Crippen LogP contribution >= 0.6 is 0 Å². The van der Waals surface area contributed by atoms with Crippen molar-refractivity contribution in [1.29, 1.82) is 0 Å². The van der Waals surface area contributed by atoms with Gasteiger partial charge in [0.2, 0.25) is 0 Å². The maximum absolute atomic E-state index is 2.48. The minimum atomic E-state index is 0.137. The van der Waals surface area contributed by atoms with Gasteiger partial charge in [0.1, 0.15) is 0 Å². The number of hydrogen-bond donors (Lipinski definition) is 0.